The van der Waals surface area contributed by atoms with Crippen LogP contribution in [0.1, 0.15) is 18.6 Å². The number of hydrogen-bond donors (Lipinski definition) is 1. The predicted octanol–water partition coefficient (Wildman–Crippen LogP) is 3.54. The quantitative estimate of drug-likeness (QED) is 0.745. The Balaban J connectivity index is 1.84. The van der Waals surface area contributed by atoms with Crippen molar-refractivity contribution in [2.24, 2.45) is 0 Å². The van der Waals surface area contributed by atoms with Crippen LogP contribution < -0.4 is 5.32 Å². The van der Waals surface area contributed by atoms with Crippen LogP contribution >= 0.6 is 11.3 Å². The molecule has 5 nitrogen and oxygen atoms in total. The van der Waals surface area contributed by atoms with Gasteiger partial charge < -0.3 is 4.74 Å². The SMILES string of the molecule is CC(=O)O[C@H](C(=O)Nc1nc2ccccc2s1)c1ccccc1. The van der Waals surface area contributed by atoms with Gasteiger partial charge in [0.25, 0.3) is 5.91 Å². The maximum atomic E-state index is 12.5. The van der Waals surface area contributed by atoms with Gasteiger partial charge in [-0.1, -0.05) is 53.8 Å². The van der Waals surface area contributed by atoms with E-state index in [1.807, 2.05) is 30.3 Å². The maximum Gasteiger partial charge on any atom is 0.303 e. The first-order valence-corrected chi connectivity index (χ1v) is 7.84. The summed E-state index contributed by atoms with van der Waals surface area (Å²) in [4.78, 5) is 28.2. The fourth-order valence-corrected chi connectivity index (χ4v) is 3.03. The number of anilines is 1. The lowest BCUT2D eigenvalue weighted by atomic mass is 10.1. The highest BCUT2D eigenvalue weighted by atomic mass is 32.1. The number of nitrogens with one attached hydrogen (secondary N) is 1. The zero-order chi connectivity index (χ0) is 16.2. The van der Waals surface area contributed by atoms with Gasteiger partial charge in [0.2, 0.25) is 6.10 Å². The van der Waals surface area contributed by atoms with E-state index in [1.54, 1.807) is 24.3 Å². The number of fused-ring (bicyclic) bond motifs is 1. The standard InChI is InChI=1S/C17H14N2O3S/c1-11(20)22-15(12-7-3-2-4-8-12)16(21)19-17-18-13-9-5-6-10-14(13)23-17/h2-10,15H,1H3,(H,18,19,21)/t15-/m0/s1. The molecule has 1 atom stereocenters. The number of hydrogen-bond acceptors (Lipinski definition) is 5. The summed E-state index contributed by atoms with van der Waals surface area (Å²) >= 11 is 1.37. The third-order valence-corrected chi connectivity index (χ3v) is 4.10. The number of thiazole rings is 1. The number of esters is 1. The molecular formula is C17H14N2O3S. The zero-order valence-corrected chi connectivity index (χ0v) is 13.2. The third-order valence-electron chi connectivity index (χ3n) is 3.15. The van der Waals surface area contributed by atoms with Crippen molar-refractivity contribution in [3.8, 4) is 0 Å². The van der Waals surface area contributed by atoms with Crippen LogP contribution in [0, 0.1) is 0 Å². The molecule has 1 amide bonds. The summed E-state index contributed by atoms with van der Waals surface area (Å²) in [5, 5.41) is 3.20. The van der Waals surface area contributed by atoms with Crippen LogP contribution in [0.15, 0.2) is 54.6 Å². The van der Waals surface area contributed by atoms with E-state index in [4.69, 9.17) is 4.74 Å². The molecule has 0 fully saturated rings. The van der Waals surface area contributed by atoms with Crippen LogP contribution in [0.5, 0.6) is 0 Å². The third kappa shape index (κ3) is 3.54. The Hall–Kier alpha value is -2.73. The van der Waals surface area contributed by atoms with Gasteiger partial charge in [0.15, 0.2) is 5.13 Å². The second-order valence-electron chi connectivity index (χ2n) is 4.88. The minimum absolute atomic E-state index is 0.426. The first-order chi connectivity index (χ1) is 11.1. The summed E-state index contributed by atoms with van der Waals surface area (Å²) in [6.07, 6.45) is -0.999. The molecule has 2 aromatic carbocycles. The van der Waals surface area contributed by atoms with Gasteiger partial charge in [-0.3, -0.25) is 14.9 Å². The molecule has 0 unspecified atom stereocenters. The van der Waals surface area contributed by atoms with Crippen molar-refractivity contribution in [2.45, 2.75) is 13.0 Å². The van der Waals surface area contributed by atoms with Crippen molar-refractivity contribution >= 4 is 38.6 Å². The number of para-hydroxylation sites is 1. The highest BCUT2D eigenvalue weighted by Gasteiger charge is 2.24. The normalized spacial score (nSPS) is 11.9. The lowest BCUT2D eigenvalue weighted by molar-refractivity contribution is -0.152. The van der Waals surface area contributed by atoms with Crippen molar-refractivity contribution in [3.05, 3.63) is 60.2 Å². The van der Waals surface area contributed by atoms with E-state index in [2.05, 4.69) is 10.3 Å². The number of benzene rings is 2. The average Bonchev–Trinajstić information content (AvgIpc) is 2.95. The first-order valence-electron chi connectivity index (χ1n) is 7.02. The highest BCUT2D eigenvalue weighted by molar-refractivity contribution is 7.22. The van der Waals surface area contributed by atoms with E-state index >= 15 is 0 Å². The minimum Gasteiger partial charge on any atom is -0.447 e. The minimum atomic E-state index is -0.999. The molecular weight excluding hydrogens is 312 g/mol. The van der Waals surface area contributed by atoms with Gasteiger partial charge >= 0.3 is 5.97 Å². The molecule has 0 saturated heterocycles. The molecule has 23 heavy (non-hydrogen) atoms. The Morgan fingerprint density at radius 1 is 1.09 bits per heavy atom. The molecule has 0 bridgehead atoms. The molecule has 0 saturated carbocycles. The van der Waals surface area contributed by atoms with Gasteiger partial charge in [-0.05, 0) is 12.1 Å². The fourth-order valence-electron chi connectivity index (χ4n) is 2.16. The van der Waals surface area contributed by atoms with Crippen molar-refractivity contribution in [2.75, 3.05) is 5.32 Å². The van der Waals surface area contributed by atoms with Crippen LogP contribution in [-0.2, 0) is 14.3 Å². The Morgan fingerprint density at radius 2 is 1.78 bits per heavy atom. The molecule has 3 rings (SSSR count). The number of carbonyl (C=O) groups excluding carboxylic acids is 2. The van der Waals surface area contributed by atoms with E-state index in [1.165, 1.54) is 18.3 Å². The molecule has 0 aliphatic heterocycles. The second kappa shape index (κ2) is 6.58. The van der Waals surface area contributed by atoms with Gasteiger partial charge in [0, 0.05) is 12.5 Å². The highest BCUT2D eigenvalue weighted by Crippen LogP contribution is 2.27. The lowest BCUT2D eigenvalue weighted by Gasteiger charge is -2.16. The molecule has 116 valence electrons. The van der Waals surface area contributed by atoms with Gasteiger partial charge in [0.05, 0.1) is 10.2 Å². The largest absolute Gasteiger partial charge is 0.447 e. The molecule has 0 spiro atoms. The van der Waals surface area contributed by atoms with E-state index < -0.39 is 18.0 Å². The molecule has 1 heterocycles. The van der Waals surface area contributed by atoms with E-state index in [9.17, 15) is 9.59 Å². The predicted molar refractivity (Wildman–Crippen MR) is 89.2 cm³/mol. The number of rotatable bonds is 4. The monoisotopic (exact) mass is 326 g/mol. The van der Waals surface area contributed by atoms with Gasteiger partial charge in [-0.15, -0.1) is 0 Å². The Bertz CT molecular complexity index is 812. The van der Waals surface area contributed by atoms with E-state index in [0.29, 0.717) is 10.7 Å². The smallest absolute Gasteiger partial charge is 0.303 e. The lowest BCUT2D eigenvalue weighted by Crippen LogP contribution is -2.25. The summed E-state index contributed by atoms with van der Waals surface area (Å²) in [7, 11) is 0. The molecule has 3 aromatic rings. The zero-order valence-electron chi connectivity index (χ0n) is 12.4. The summed E-state index contributed by atoms with van der Waals surface area (Å²) in [5.41, 5.74) is 1.43. The van der Waals surface area contributed by atoms with Crippen LogP contribution in [0.25, 0.3) is 10.2 Å². The van der Waals surface area contributed by atoms with E-state index in [-0.39, 0.29) is 0 Å². The Morgan fingerprint density at radius 3 is 2.48 bits per heavy atom. The number of aromatic nitrogens is 1. The summed E-state index contributed by atoms with van der Waals surface area (Å²) in [6.45, 7) is 1.28. The van der Waals surface area contributed by atoms with Crippen molar-refractivity contribution < 1.29 is 14.3 Å². The average molecular weight is 326 g/mol. The summed E-state index contributed by atoms with van der Waals surface area (Å²) in [6, 6.07) is 16.5. The number of carbonyl (C=O) groups is 2. The molecule has 0 aliphatic rings. The molecule has 0 radical (unpaired) electrons. The van der Waals surface area contributed by atoms with E-state index in [0.717, 1.165) is 10.2 Å². The van der Waals surface area contributed by atoms with Crippen LogP contribution in [-0.4, -0.2) is 16.9 Å². The molecule has 6 heteroatoms. The topological polar surface area (TPSA) is 68.3 Å². The number of ether oxygens (including phenoxy) is 1. The Kier molecular flexibility index (Phi) is 4.34. The first kappa shape index (κ1) is 15.2. The van der Waals surface area contributed by atoms with Gasteiger partial charge in [0.1, 0.15) is 0 Å². The number of nitrogens with zero attached hydrogens (tertiary/aromatic N) is 1. The summed E-state index contributed by atoms with van der Waals surface area (Å²) < 4.78 is 6.15. The Labute approximate surface area is 136 Å². The second-order valence-corrected chi connectivity index (χ2v) is 5.91. The van der Waals surface area contributed by atoms with Crippen molar-refractivity contribution in [3.63, 3.8) is 0 Å². The fraction of sp³-hybridized carbons (Fsp3) is 0.118. The van der Waals surface area contributed by atoms with Gasteiger partial charge in [-0.2, -0.15) is 0 Å². The van der Waals surface area contributed by atoms with Crippen LogP contribution in [0.4, 0.5) is 5.13 Å². The van der Waals surface area contributed by atoms with Crippen LogP contribution in [0.2, 0.25) is 0 Å². The molecule has 0 aliphatic carbocycles. The maximum absolute atomic E-state index is 12.5. The molecule has 1 N–H and O–H groups in total. The van der Waals surface area contributed by atoms with Crippen molar-refractivity contribution in [1.82, 2.24) is 4.98 Å². The van der Waals surface area contributed by atoms with Crippen molar-refractivity contribution in [1.29, 1.82) is 0 Å². The van der Waals surface area contributed by atoms with Gasteiger partial charge in [-0.25, -0.2) is 4.98 Å². The number of amides is 1. The summed E-state index contributed by atoms with van der Waals surface area (Å²) in [5.74, 6) is -0.941. The van der Waals surface area contributed by atoms with Crippen LogP contribution in [0.3, 0.4) is 0 Å². The molecule has 1 aromatic heterocycles.